The molecule has 0 aliphatic heterocycles. The van der Waals surface area contributed by atoms with E-state index in [4.69, 9.17) is 9.47 Å². The van der Waals surface area contributed by atoms with Gasteiger partial charge in [0.1, 0.15) is 0 Å². The maximum absolute atomic E-state index is 12.3. The number of carbonyl (C=O) groups excluding carboxylic acids is 1. The van der Waals surface area contributed by atoms with Crippen LogP contribution in [0.5, 0.6) is 12.0 Å². The number of nitrogens with one attached hydrogen (secondary N) is 1. The molecule has 7 nitrogen and oxygen atoms in total. The molecule has 128 valence electrons. The molecule has 0 aliphatic carbocycles. The van der Waals surface area contributed by atoms with Crippen LogP contribution in [0.2, 0.25) is 0 Å². The highest BCUT2D eigenvalue weighted by molar-refractivity contribution is 7.13. The van der Waals surface area contributed by atoms with Gasteiger partial charge < -0.3 is 14.8 Å². The Morgan fingerprint density at radius 2 is 1.72 bits per heavy atom. The highest BCUT2D eigenvalue weighted by atomic mass is 32.1. The summed E-state index contributed by atoms with van der Waals surface area (Å²) in [5, 5.41) is 4.79. The van der Waals surface area contributed by atoms with Gasteiger partial charge in [-0.3, -0.25) is 4.79 Å². The van der Waals surface area contributed by atoms with Gasteiger partial charge in [0, 0.05) is 10.4 Å². The molecule has 2 heterocycles. The zero-order valence-electron chi connectivity index (χ0n) is 13.7. The summed E-state index contributed by atoms with van der Waals surface area (Å²) in [5.74, 6) is 0.142. The Labute approximate surface area is 148 Å². The number of ether oxygens (including phenoxy) is 2. The van der Waals surface area contributed by atoms with E-state index < -0.39 is 0 Å². The number of aromatic nitrogens is 3. The number of nitrogens with zero attached hydrogens (tertiary/aromatic N) is 3. The van der Waals surface area contributed by atoms with E-state index in [1.165, 1.54) is 14.2 Å². The first-order valence-electron chi connectivity index (χ1n) is 7.44. The van der Waals surface area contributed by atoms with Crippen LogP contribution in [0.3, 0.4) is 0 Å². The lowest BCUT2D eigenvalue weighted by Crippen LogP contribution is -2.24. The predicted molar refractivity (Wildman–Crippen MR) is 93.9 cm³/mol. The molecule has 3 rings (SSSR count). The molecule has 25 heavy (non-hydrogen) atoms. The van der Waals surface area contributed by atoms with Crippen molar-refractivity contribution in [1.82, 2.24) is 20.3 Å². The Morgan fingerprint density at radius 3 is 2.28 bits per heavy atom. The Bertz CT molecular complexity index is 829. The van der Waals surface area contributed by atoms with Crippen molar-refractivity contribution in [2.75, 3.05) is 14.2 Å². The second-order valence-corrected chi connectivity index (χ2v) is 5.91. The SMILES string of the molecule is COc1nc(CNC(=O)c2ccc(-c3cccs3)cc2)nc(OC)n1. The average Bonchev–Trinajstić information content (AvgIpc) is 3.20. The van der Waals surface area contributed by atoms with Gasteiger partial charge in [0.2, 0.25) is 0 Å². The van der Waals surface area contributed by atoms with Gasteiger partial charge in [0.15, 0.2) is 5.82 Å². The third-order valence-electron chi connectivity index (χ3n) is 3.37. The lowest BCUT2D eigenvalue weighted by Gasteiger charge is -2.07. The van der Waals surface area contributed by atoms with Crippen molar-refractivity contribution in [1.29, 1.82) is 0 Å². The summed E-state index contributed by atoms with van der Waals surface area (Å²) in [6.07, 6.45) is 0. The number of amides is 1. The topological polar surface area (TPSA) is 86.2 Å². The van der Waals surface area contributed by atoms with Crippen molar-refractivity contribution in [2.24, 2.45) is 0 Å². The standard InChI is InChI=1S/C17H16N4O3S/c1-23-16-19-14(20-17(21-16)24-2)10-18-15(22)12-7-5-11(6-8-12)13-4-3-9-25-13/h3-9H,10H2,1-2H3,(H,18,22). The Hall–Kier alpha value is -3.00. The molecule has 0 spiro atoms. The molecule has 0 atom stereocenters. The van der Waals surface area contributed by atoms with Gasteiger partial charge in [-0.1, -0.05) is 18.2 Å². The molecule has 1 aromatic carbocycles. The summed E-state index contributed by atoms with van der Waals surface area (Å²) in [4.78, 5) is 25.5. The normalized spacial score (nSPS) is 10.3. The Morgan fingerprint density at radius 1 is 1.04 bits per heavy atom. The summed E-state index contributed by atoms with van der Waals surface area (Å²) in [7, 11) is 2.90. The van der Waals surface area contributed by atoms with Crippen LogP contribution in [0.4, 0.5) is 0 Å². The molecule has 8 heteroatoms. The van der Waals surface area contributed by atoms with Gasteiger partial charge in [-0.2, -0.15) is 9.97 Å². The fraction of sp³-hybridized carbons (Fsp3) is 0.176. The lowest BCUT2D eigenvalue weighted by atomic mass is 10.1. The number of benzene rings is 1. The molecule has 0 fully saturated rings. The fourth-order valence-corrected chi connectivity index (χ4v) is 2.86. The van der Waals surface area contributed by atoms with Crippen molar-refractivity contribution in [3.63, 3.8) is 0 Å². The zero-order valence-corrected chi connectivity index (χ0v) is 14.5. The molecular weight excluding hydrogens is 340 g/mol. The van der Waals surface area contributed by atoms with Crippen molar-refractivity contribution in [2.45, 2.75) is 6.54 Å². The minimum atomic E-state index is -0.212. The highest BCUT2D eigenvalue weighted by Crippen LogP contribution is 2.24. The quantitative estimate of drug-likeness (QED) is 0.730. The average molecular weight is 356 g/mol. The highest BCUT2D eigenvalue weighted by Gasteiger charge is 2.10. The molecule has 0 saturated carbocycles. The van der Waals surface area contributed by atoms with Gasteiger partial charge >= 0.3 is 12.0 Å². The molecule has 0 radical (unpaired) electrons. The molecule has 0 unspecified atom stereocenters. The molecule has 1 N–H and O–H groups in total. The van der Waals surface area contributed by atoms with Crippen molar-refractivity contribution < 1.29 is 14.3 Å². The number of thiophene rings is 1. The molecule has 0 saturated heterocycles. The smallest absolute Gasteiger partial charge is 0.322 e. The molecular formula is C17H16N4O3S. The molecule has 0 aliphatic rings. The minimum absolute atomic E-state index is 0.136. The van der Waals surface area contributed by atoms with E-state index in [1.807, 2.05) is 29.6 Å². The summed E-state index contributed by atoms with van der Waals surface area (Å²) < 4.78 is 9.97. The van der Waals surface area contributed by atoms with Crippen LogP contribution in [0.15, 0.2) is 41.8 Å². The van der Waals surface area contributed by atoms with Crippen LogP contribution in [-0.4, -0.2) is 35.1 Å². The maximum atomic E-state index is 12.3. The lowest BCUT2D eigenvalue weighted by molar-refractivity contribution is 0.0949. The molecule has 0 bridgehead atoms. The van der Waals surface area contributed by atoms with E-state index in [-0.39, 0.29) is 24.5 Å². The maximum Gasteiger partial charge on any atom is 0.322 e. The van der Waals surface area contributed by atoms with Crippen LogP contribution in [0, 0.1) is 0 Å². The monoisotopic (exact) mass is 356 g/mol. The number of rotatable bonds is 6. The van der Waals surface area contributed by atoms with Crippen LogP contribution in [0.1, 0.15) is 16.2 Å². The fourth-order valence-electron chi connectivity index (χ4n) is 2.13. The van der Waals surface area contributed by atoms with E-state index in [2.05, 4.69) is 20.3 Å². The minimum Gasteiger partial charge on any atom is -0.467 e. The summed E-state index contributed by atoms with van der Waals surface area (Å²) in [6, 6.07) is 11.7. The van der Waals surface area contributed by atoms with E-state index in [1.54, 1.807) is 23.5 Å². The van der Waals surface area contributed by atoms with E-state index in [0.717, 1.165) is 10.4 Å². The third-order valence-corrected chi connectivity index (χ3v) is 4.28. The second kappa shape index (κ2) is 7.71. The first-order chi connectivity index (χ1) is 12.2. The van der Waals surface area contributed by atoms with Gasteiger partial charge in [-0.05, 0) is 29.1 Å². The van der Waals surface area contributed by atoms with Crippen molar-refractivity contribution in [3.8, 4) is 22.5 Å². The van der Waals surface area contributed by atoms with E-state index in [9.17, 15) is 4.79 Å². The first-order valence-corrected chi connectivity index (χ1v) is 8.32. The second-order valence-electron chi connectivity index (χ2n) is 4.96. The summed E-state index contributed by atoms with van der Waals surface area (Å²) in [5.41, 5.74) is 1.65. The molecule has 3 aromatic rings. The third kappa shape index (κ3) is 4.10. The first kappa shape index (κ1) is 16.8. The van der Waals surface area contributed by atoms with Crippen molar-refractivity contribution in [3.05, 3.63) is 53.2 Å². The van der Waals surface area contributed by atoms with Crippen LogP contribution in [0.25, 0.3) is 10.4 Å². The summed E-state index contributed by atoms with van der Waals surface area (Å²) in [6.45, 7) is 0.140. The van der Waals surface area contributed by atoms with E-state index >= 15 is 0 Å². The van der Waals surface area contributed by atoms with Gasteiger partial charge in [-0.15, -0.1) is 16.3 Å². The van der Waals surface area contributed by atoms with Crippen molar-refractivity contribution >= 4 is 17.2 Å². The molecule has 1 amide bonds. The largest absolute Gasteiger partial charge is 0.467 e. The van der Waals surface area contributed by atoms with E-state index in [0.29, 0.717) is 11.4 Å². The van der Waals surface area contributed by atoms with Gasteiger partial charge in [-0.25, -0.2) is 0 Å². The van der Waals surface area contributed by atoms with Crippen LogP contribution < -0.4 is 14.8 Å². The number of hydrogen-bond acceptors (Lipinski definition) is 7. The zero-order chi connectivity index (χ0) is 17.6. The number of carbonyl (C=O) groups is 1. The van der Waals surface area contributed by atoms with Crippen LogP contribution >= 0.6 is 11.3 Å². The van der Waals surface area contributed by atoms with Crippen LogP contribution in [-0.2, 0) is 6.54 Å². The van der Waals surface area contributed by atoms with Gasteiger partial charge in [0.25, 0.3) is 5.91 Å². The number of methoxy groups -OCH3 is 2. The molecule has 2 aromatic heterocycles. The van der Waals surface area contributed by atoms with Gasteiger partial charge in [0.05, 0.1) is 20.8 Å². The Kier molecular flexibility index (Phi) is 5.20. The number of hydrogen-bond donors (Lipinski definition) is 1. The Balaban J connectivity index is 1.66. The predicted octanol–water partition coefficient (Wildman–Crippen LogP) is 2.55. The summed E-state index contributed by atoms with van der Waals surface area (Å²) >= 11 is 1.66.